The van der Waals surface area contributed by atoms with Crippen LogP contribution in [0.5, 0.6) is 0 Å². The van der Waals surface area contributed by atoms with Gasteiger partial charge in [-0.1, -0.05) is 60.5 Å². The van der Waals surface area contributed by atoms with Gasteiger partial charge < -0.3 is 47.9 Å². The van der Waals surface area contributed by atoms with E-state index in [1.54, 1.807) is 41.4 Å². The molecule has 0 spiro atoms. The summed E-state index contributed by atoms with van der Waals surface area (Å²) in [5.41, 5.74) is 16.0. The highest BCUT2D eigenvalue weighted by molar-refractivity contribution is 5.96. The Kier molecular flexibility index (Phi) is 18.8. The Bertz CT molecular complexity index is 2100. The van der Waals surface area contributed by atoms with E-state index < -0.39 is 71.7 Å². The van der Waals surface area contributed by atoms with E-state index in [-0.39, 0.29) is 32.2 Å². The van der Waals surface area contributed by atoms with Crippen LogP contribution in [0, 0.1) is 12.0 Å². The van der Waals surface area contributed by atoms with Crippen LogP contribution in [-0.2, 0) is 41.6 Å². The maximum atomic E-state index is 14.2. The van der Waals surface area contributed by atoms with Crippen molar-refractivity contribution in [1.29, 1.82) is 0 Å². The van der Waals surface area contributed by atoms with Crippen LogP contribution >= 0.6 is 0 Å². The van der Waals surface area contributed by atoms with E-state index in [0.29, 0.717) is 50.9 Å². The molecule has 1 aliphatic rings. The first-order valence-electron chi connectivity index (χ1n) is 20.8. The standard InChI is InChI=1S/C44H59N11O7/c1-4-22-54-23-13-11-20-36(41(59)51-37(26-31-15-6-5-7-16-31)43(61)49-35(39(46)57)19-10-12-21-45)50-40(58)29(2)48-42(60)38(27-32-28-47-34-18-9-8-17-33(32)34)52-44(62)55(25-14-24-54)53-30(3)56/h4-9,15-18,28-29,35-38,47H,1,10-13,19-23,25-27,45H2,2-3H3,(H2,46,57)(H,48,60)(H,49,61)(H,50,58)(H,51,59)(H,52,62)(H,53,56)/t29-,35-,36-,37+,38+/m0/s1. The number of urea groups is 1. The Labute approximate surface area is 361 Å². The zero-order valence-electron chi connectivity index (χ0n) is 35.3. The van der Waals surface area contributed by atoms with Crippen LogP contribution in [0.15, 0.2) is 73.4 Å². The lowest BCUT2D eigenvalue weighted by molar-refractivity contribution is -0.134. The number of carbonyl (C=O) groups is 7. The molecule has 18 heteroatoms. The molecule has 2 aromatic carbocycles. The third kappa shape index (κ3) is 15.0. The van der Waals surface area contributed by atoms with Crippen molar-refractivity contribution in [3.05, 3.63) is 84.6 Å². The second-order valence-corrected chi connectivity index (χ2v) is 15.1. The number of amides is 8. The van der Waals surface area contributed by atoms with Crippen LogP contribution in [0.2, 0.25) is 0 Å². The predicted molar refractivity (Wildman–Crippen MR) is 234 cm³/mol. The van der Waals surface area contributed by atoms with Crippen LogP contribution < -0.4 is 43.5 Å². The van der Waals surface area contributed by atoms with Gasteiger partial charge in [-0.25, -0.2) is 9.80 Å². The minimum absolute atomic E-state index is 0.00214. The SMILES string of the molecule is C=CCN1C#CCN(NC(C)=O)C(=O)N[C@H](Cc2c[nH]c3ccccc23)C(=O)N[C@@H](C)C(=O)N[C@H](C(=O)N[C@H](Cc2ccccc2)C(=O)N[C@@H](CCCCN)C(N)=O)CCCC1. The summed E-state index contributed by atoms with van der Waals surface area (Å²) in [6, 6.07) is 12.9. The maximum absolute atomic E-state index is 14.2. The zero-order valence-corrected chi connectivity index (χ0v) is 35.3. The highest BCUT2D eigenvalue weighted by Crippen LogP contribution is 2.19. The van der Waals surface area contributed by atoms with Crippen molar-refractivity contribution >= 4 is 52.4 Å². The number of fused-ring (bicyclic) bond motifs is 1. The fourth-order valence-corrected chi connectivity index (χ4v) is 6.86. The van der Waals surface area contributed by atoms with Gasteiger partial charge >= 0.3 is 6.03 Å². The number of carbonyl (C=O) groups excluding carboxylic acids is 7. The van der Waals surface area contributed by atoms with Crippen molar-refractivity contribution < 1.29 is 33.6 Å². The van der Waals surface area contributed by atoms with Gasteiger partial charge in [0.05, 0.1) is 0 Å². The van der Waals surface area contributed by atoms with E-state index in [4.69, 9.17) is 11.5 Å². The number of hydrogen-bond donors (Lipinski definition) is 9. The van der Waals surface area contributed by atoms with E-state index in [1.807, 2.05) is 30.3 Å². The summed E-state index contributed by atoms with van der Waals surface area (Å²) >= 11 is 0. The van der Waals surface area contributed by atoms with Gasteiger partial charge in [-0.15, -0.1) is 6.58 Å². The van der Waals surface area contributed by atoms with Crippen molar-refractivity contribution in [2.24, 2.45) is 11.5 Å². The largest absolute Gasteiger partial charge is 0.368 e. The van der Waals surface area contributed by atoms with E-state index in [2.05, 4.69) is 55.5 Å². The second-order valence-electron chi connectivity index (χ2n) is 15.1. The Morgan fingerprint density at radius 3 is 2.40 bits per heavy atom. The van der Waals surface area contributed by atoms with Gasteiger partial charge in [0.1, 0.15) is 36.8 Å². The smallest absolute Gasteiger partial charge is 0.337 e. The number of para-hydroxylation sites is 1. The highest BCUT2D eigenvalue weighted by Gasteiger charge is 2.32. The van der Waals surface area contributed by atoms with Gasteiger partial charge in [0, 0.05) is 56.0 Å². The Morgan fingerprint density at radius 1 is 0.952 bits per heavy atom. The van der Waals surface area contributed by atoms with Gasteiger partial charge in [0.25, 0.3) is 0 Å². The minimum atomic E-state index is -1.24. The van der Waals surface area contributed by atoms with E-state index in [1.165, 1.54) is 13.8 Å². The number of primary amides is 1. The van der Waals surface area contributed by atoms with Gasteiger partial charge in [-0.05, 0) is 69.2 Å². The Morgan fingerprint density at radius 2 is 1.69 bits per heavy atom. The number of H-pyrrole nitrogens is 1. The number of hydrazine groups is 1. The number of hydrogen-bond acceptors (Lipinski definition) is 9. The lowest BCUT2D eigenvalue weighted by Gasteiger charge is -2.27. The summed E-state index contributed by atoms with van der Waals surface area (Å²) in [6.45, 7) is 7.45. The third-order valence-corrected chi connectivity index (χ3v) is 10.2. The number of nitrogens with one attached hydrogen (secondary N) is 7. The summed E-state index contributed by atoms with van der Waals surface area (Å²) in [4.78, 5) is 98.9. The topological polar surface area (TPSA) is 266 Å². The van der Waals surface area contributed by atoms with Crippen LogP contribution in [-0.4, -0.2) is 113 Å². The number of nitrogens with two attached hydrogens (primary N) is 2. The van der Waals surface area contributed by atoms with E-state index >= 15 is 0 Å². The molecule has 3 aromatic rings. The number of unbranched alkanes of at least 4 members (excludes halogenated alkanes) is 1. The lowest BCUT2D eigenvalue weighted by Crippen LogP contribution is -2.60. The quantitative estimate of drug-likeness (QED) is 0.0554. The van der Waals surface area contributed by atoms with Crippen molar-refractivity contribution in [3.8, 4) is 12.0 Å². The van der Waals surface area contributed by atoms with Crippen molar-refractivity contribution in [2.75, 3.05) is 26.2 Å². The van der Waals surface area contributed by atoms with E-state index in [0.717, 1.165) is 21.5 Å². The van der Waals surface area contributed by atoms with Gasteiger partial charge in [-0.3, -0.25) is 34.2 Å². The zero-order chi connectivity index (χ0) is 45.0. The summed E-state index contributed by atoms with van der Waals surface area (Å²) < 4.78 is 0. The monoisotopic (exact) mass is 853 g/mol. The van der Waals surface area contributed by atoms with Gasteiger partial charge in [-0.2, -0.15) is 0 Å². The molecule has 11 N–H and O–H groups in total. The van der Waals surface area contributed by atoms with Crippen LogP contribution in [0.25, 0.3) is 10.9 Å². The molecule has 1 aliphatic heterocycles. The molecule has 18 nitrogen and oxygen atoms in total. The molecule has 2 heterocycles. The molecule has 0 radical (unpaired) electrons. The number of aromatic nitrogens is 1. The Balaban J connectivity index is 1.64. The first kappa shape index (κ1) is 47.8. The van der Waals surface area contributed by atoms with Crippen LogP contribution in [0.4, 0.5) is 4.79 Å². The molecule has 0 saturated heterocycles. The molecule has 0 bridgehead atoms. The Hall–Kier alpha value is -6.87. The minimum Gasteiger partial charge on any atom is -0.368 e. The average molecular weight is 854 g/mol. The molecule has 4 rings (SSSR count). The van der Waals surface area contributed by atoms with Crippen molar-refractivity contribution in [2.45, 2.75) is 95.4 Å². The molecular formula is C44H59N11O7. The van der Waals surface area contributed by atoms with Crippen molar-refractivity contribution in [3.63, 3.8) is 0 Å². The molecule has 0 unspecified atom stereocenters. The predicted octanol–water partition coefficient (Wildman–Crippen LogP) is 0.591. The highest BCUT2D eigenvalue weighted by atomic mass is 16.2. The molecule has 1 aromatic heterocycles. The molecule has 0 saturated carbocycles. The average Bonchev–Trinajstić information content (AvgIpc) is 3.65. The van der Waals surface area contributed by atoms with Crippen molar-refractivity contribution in [1.82, 2.24) is 46.9 Å². The van der Waals surface area contributed by atoms with Crippen LogP contribution in [0.3, 0.4) is 0 Å². The maximum Gasteiger partial charge on any atom is 0.337 e. The third-order valence-electron chi connectivity index (χ3n) is 10.2. The molecule has 332 valence electrons. The molecule has 0 aliphatic carbocycles. The van der Waals surface area contributed by atoms with Gasteiger partial charge in [0.15, 0.2) is 0 Å². The van der Waals surface area contributed by atoms with Crippen LogP contribution in [0.1, 0.15) is 63.5 Å². The number of benzene rings is 2. The number of nitrogens with zero attached hydrogens (tertiary/aromatic N) is 2. The first-order valence-corrected chi connectivity index (χ1v) is 20.8. The fraction of sp³-hybridized carbons (Fsp3) is 0.432. The summed E-state index contributed by atoms with van der Waals surface area (Å²) in [5.74, 6) is -1.06. The number of aromatic amines is 1. The molecule has 0 fully saturated rings. The first-order chi connectivity index (χ1) is 29.8. The normalized spacial score (nSPS) is 18.9. The lowest BCUT2D eigenvalue weighted by atomic mass is 10.0. The molecular weight excluding hydrogens is 795 g/mol. The van der Waals surface area contributed by atoms with Gasteiger partial charge in [0.2, 0.25) is 35.4 Å². The summed E-state index contributed by atoms with van der Waals surface area (Å²) in [7, 11) is 0. The molecule has 8 amide bonds. The molecule has 62 heavy (non-hydrogen) atoms. The van der Waals surface area contributed by atoms with E-state index in [9.17, 15) is 33.6 Å². The summed E-state index contributed by atoms with van der Waals surface area (Å²) in [5, 5.41) is 15.4. The fourth-order valence-electron chi connectivity index (χ4n) is 6.86. The molecule has 5 atom stereocenters. The number of rotatable bonds is 16. The summed E-state index contributed by atoms with van der Waals surface area (Å²) in [6.07, 6.45) is 5.96. The second kappa shape index (κ2) is 24.4.